The summed E-state index contributed by atoms with van der Waals surface area (Å²) in [7, 11) is 0. The number of amidine groups is 1. The van der Waals surface area contributed by atoms with Crippen molar-refractivity contribution >= 4 is 17.2 Å². The molecule has 2 heterocycles. The van der Waals surface area contributed by atoms with Gasteiger partial charge in [-0.05, 0) is 60.4 Å². The zero-order valence-electron chi connectivity index (χ0n) is 14.9. The summed E-state index contributed by atoms with van der Waals surface area (Å²) in [4.78, 5) is 9.93. The molecule has 1 aromatic carbocycles. The molecule has 0 fully saturated rings. The minimum Gasteiger partial charge on any atom is -0.439 e. The van der Waals surface area contributed by atoms with Crippen LogP contribution in [0.1, 0.15) is 34.4 Å². The van der Waals surface area contributed by atoms with E-state index in [9.17, 15) is 5.21 Å². The average Bonchev–Trinajstić information content (AvgIpc) is 3.23. The van der Waals surface area contributed by atoms with Crippen molar-refractivity contribution in [2.24, 2.45) is 4.99 Å². The third-order valence-corrected chi connectivity index (χ3v) is 5.52. The molecular formula is C21H21N3O2S. The van der Waals surface area contributed by atoms with Gasteiger partial charge in [0.1, 0.15) is 5.75 Å². The molecule has 6 heteroatoms. The molecule has 4 rings (SSSR count). The standard InChI is InChI=1S/C21H21N3O2S/c25-24-21(23-14-17-7-4-12-27-17)16-10-11-20(22-13-16)26-19-9-3-6-15-5-1-2-8-18(15)19/h3-4,6-7,9-13,25H,1-2,5,8,14H2,(H,23,24). The van der Waals surface area contributed by atoms with Gasteiger partial charge in [-0.3, -0.25) is 15.7 Å². The first kappa shape index (κ1) is 17.7. The van der Waals surface area contributed by atoms with Crippen LogP contribution >= 0.6 is 11.3 Å². The molecule has 1 aliphatic carbocycles. The predicted octanol–water partition coefficient (Wildman–Crippen LogP) is 4.74. The number of benzene rings is 1. The van der Waals surface area contributed by atoms with E-state index in [4.69, 9.17) is 4.74 Å². The van der Waals surface area contributed by atoms with E-state index in [1.165, 1.54) is 24.0 Å². The Bertz CT molecular complexity index is 921. The highest BCUT2D eigenvalue weighted by atomic mass is 32.1. The van der Waals surface area contributed by atoms with Crippen LogP contribution in [0.4, 0.5) is 0 Å². The summed E-state index contributed by atoms with van der Waals surface area (Å²) in [6.07, 6.45) is 6.26. The molecule has 138 valence electrons. The van der Waals surface area contributed by atoms with Crippen molar-refractivity contribution in [1.82, 2.24) is 10.5 Å². The summed E-state index contributed by atoms with van der Waals surface area (Å²) in [5.74, 6) is 1.81. The van der Waals surface area contributed by atoms with Gasteiger partial charge in [0.05, 0.1) is 6.54 Å². The number of hydrogen-bond donors (Lipinski definition) is 2. The summed E-state index contributed by atoms with van der Waals surface area (Å²) < 4.78 is 6.03. The zero-order chi connectivity index (χ0) is 18.5. The maximum absolute atomic E-state index is 9.41. The Hall–Kier alpha value is -2.70. The van der Waals surface area contributed by atoms with Gasteiger partial charge in [0, 0.05) is 22.7 Å². The molecule has 0 amide bonds. The summed E-state index contributed by atoms with van der Waals surface area (Å²) in [5.41, 5.74) is 5.54. The molecule has 0 aliphatic heterocycles. The van der Waals surface area contributed by atoms with Gasteiger partial charge < -0.3 is 4.74 Å². The number of pyridine rings is 1. The maximum atomic E-state index is 9.41. The van der Waals surface area contributed by atoms with E-state index in [0.717, 1.165) is 23.5 Å². The van der Waals surface area contributed by atoms with Crippen LogP contribution in [0.25, 0.3) is 0 Å². The lowest BCUT2D eigenvalue weighted by Gasteiger charge is -2.19. The van der Waals surface area contributed by atoms with Crippen molar-refractivity contribution in [3.8, 4) is 11.6 Å². The van der Waals surface area contributed by atoms with E-state index in [2.05, 4.69) is 21.5 Å². The van der Waals surface area contributed by atoms with Crippen LogP contribution in [0.2, 0.25) is 0 Å². The van der Waals surface area contributed by atoms with E-state index in [0.29, 0.717) is 23.8 Å². The molecule has 0 unspecified atom stereocenters. The molecule has 0 atom stereocenters. The van der Waals surface area contributed by atoms with Crippen molar-refractivity contribution in [3.63, 3.8) is 0 Å². The lowest BCUT2D eigenvalue weighted by Crippen LogP contribution is -2.20. The largest absolute Gasteiger partial charge is 0.439 e. The van der Waals surface area contributed by atoms with Crippen molar-refractivity contribution < 1.29 is 9.94 Å². The number of rotatable bonds is 5. The molecule has 2 N–H and O–H groups in total. The van der Waals surface area contributed by atoms with Gasteiger partial charge in [-0.2, -0.15) is 0 Å². The topological polar surface area (TPSA) is 66.7 Å². The molecule has 5 nitrogen and oxygen atoms in total. The minimum atomic E-state index is 0.388. The number of ether oxygens (including phenoxy) is 1. The van der Waals surface area contributed by atoms with Crippen LogP contribution < -0.4 is 10.2 Å². The highest BCUT2D eigenvalue weighted by molar-refractivity contribution is 7.09. The van der Waals surface area contributed by atoms with Crippen LogP contribution in [-0.2, 0) is 19.4 Å². The fourth-order valence-corrected chi connectivity index (χ4v) is 3.91. The molecular weight excluding hydrogens is 358 g/mol. The number of fused-ring (bicyclic) bond motifs is 1. The third kappa shape index (κ3) is 4.18. The van der Waals surface area contributed by atoms with E-state index < -0.39 is 0 Å². The van der Waals surface area contributed by atoms with E-state index in [1.54, 1.807) is 23.6 Å². The maximum Gasteiger partial charge on any atom is 0.219 e. The van der Waals surface area contributed by atoms with Crippen LogP contribution in [-0.4, -0.2) is 16.0 Å². The van der Waals surface area contributed by atoms with Crippen molar-refractivity contribution in [1.29, 1.82) is 0 Å². The minimum absolute atomic E-state index is 0.388. The number of aromatic nitrogens is 1. The number of hydrogen-bond acceptors (Lipinski definition) is 5. The van der Waals surface area contributed by atoms with E-state index in [-0.39, 0.29) is 0 Å². The molecule has 27 heavy (non-hydrogen) atoms. The fourth-order valence-electron chi connectivity index (χ4n) is 3.29. The Morgan fingerprint density at radius 3 is 2.85 bits per heavy atom. The molecule has 0 radical (unpaired) electrons. The summed E-state index contributed by atoms with van der Waals surface area (Å²) in [6, 6.07) is 13.9. The predicted molar refractivity (Wildman–Crippen MR) is 107 cm³/mol. The molecule has 0 saturated carbocycles. The number of hydroxylamine groups is 1. The summed E-state index contributed by atoms with van der Waals surface area (Å²) in [5, 5.41) is 11.4. The molecule has 1 aliphatic rings. The first-order chi connectivity index (χ1) is 13.3. The quantitative estimate of drug-likeness (QED) is 0.382. The van der Waals surface area contributed by atoms with Crippen LogP contribution in [0.15, 0.2) is 59.0 Å². The summed E-state index contributed by atoms with van der Waals surface area (Å²) >= 11 is 1.63. The Balaban J connectivity index is 1.49. The Kier molecular flexibility index (Phi) is 5.46. The Morgan fingerprint density at radius 2 is 2.07 bits per heavy atom. The second-order valence-electron chi connectivity index (χ2n) is 6.44. The molecule has 0 bridgehead atoms. The van der Waals surface area contributed by atoms with Crippen molar-refractivity contribution in [2.75, 3.05) is 0 Å². The van der Waals surface area contributed by atoms with Gasteiger partial charge in [-0.25, -0.2) is 4.98 Å². The normalized spacial score (nSPS) is 13.9. The smallest absolute Gasteiger partial charge is 0.219 e. The molecule has 0 spiro atoms. The van der Waals surface area contributed by atoms with Gasteiger partial charge in [0.2, 0.25) is 5.88 Å². The Morgan fingerprint density at radius 1 is 1.15 bits per heavy atom. The SMILES string of the molecule is ONC(=NCc1cccs1)c1ccc(Oc2cccc3c2CCCC3)nc1. The van der Waals surface area contributed by atoms with E-state index >= 15 is 0 Å². The first-order valence-electron chi connectivity index (χ1n) is 9.05. The number of thiophene rings is 1. The summed E-state index contributed by atoms with van der Waals surface area (Å²) in [6.45, 7) is 0.509. The van der Waals surface area contributed by atoms with Crippen LogP contribution in [0.3, 0.4) is 0 Å². The molecule has 2 aromatic heterocycles. The second kappa shape index (κ2) is 8.33. The van der Waals surface area contributed by atoms with Gasteiger partial charge in [-0.1, -0.05) is 18.2 Å². The van der Waals surface area contributed by atoms with Crippen LogP contribution in [0.5, 0.6) is 11.6 Å². The van der Waals surface area contributed by atoms with Crippen molar-refractivity contribution in [3.05, 3.63) is 75.6 Å². The third-order valence-electron chi connectivity index (χ3n) is 4.66. The molecule has 3 aromatic rings. The van der Waals surface area contributed by atoms with Gasteiger partial charge in [-0.15, -0.1) is 11.3 Å². The Labute approximate surface area is 162 Å². The average molecular weight is 379 g/mol. The lowest BCUT2D eigenvalue weighted by atomic mass is 9.91. The number of nitrogens with one attached hydrogen (secondary N) is 1. The monoisotopic (exact) mass is 379 g/mol. The number of nitrogens with zero attached hydrogens (tertiary/aromatic N) is 2. The van der Waals surface area contributed by atoms with Gasteiger partial charge >= 0.3 is 0 Å². The highest BCUT2D eigenvalue weighted by Crippen LogP contribution is 2.32. The van der Waals surface area contributed by atoms with Crippen molar-refractivity contribution in [2.45, 2.75) is 32.2 Å². The number of aliphatic imine (C=N–C) groups is 1. The lowest BCUT2D eigenvalue weighted by molar-refractivity contribution is 0.234. The van der Waals surface area contributed by atoms with Gasteiger partial charge in [0.15, 0.2) is 5.84 Å². The first-order valence-corrected chi connectivity index (χ1v) is 9.93. The van der Waals surface area contributed by atoms with Gasteiger partial charge in [0.25, 0.3) is 0 Å². The number of aryl methyl sites for hydroxylation is 1. The fraction of sp³-hybridized carbons (Fsp3) is 0.238. The second-order valence-corrected chi connectivity index (χ2v) is 7.48. The zero-order valence-corrected chi connectivity index (χ0v) is 15.7. The van der Waals surface area contributed by atoms with Crippen LogP contribution in [0, 0.1) is 0 Å². The van der Waals surface area contributed by atoms with E-state index in [1.807, 2.05) is 35.7 Å². The highest BCUT2D eigenvalue weighted by Gasteiger charge is 2.14. The molecule has 0 saturated heterocycles.